The fraction of sp³-hybridized carbons (Fsp3) is 0.0909. The van der Waals surface area contributed by atoms with E-state index in [0.29, 0.717) is 0 Å². The predicted octanol–water partition coefficient (Wildman–Crippen LogP) is 0.968. The first kappa shape index (κ1) is 13.9. The second-order valence-corrected chi connectivity index (χ2v) is 5.37. The molecular formula is C11H10N2O6S. The number of nitrogens with zero attached hydrogens (tertiary/aromatic N) is 1. The van der Waals surface area contributed by atoms with Gasteiger partial charge in [-0.1, -0.05) is 5.16 Å². The van der Waals surface area contributed by atoms with Crippen molar-refractivity contribution >= 4 is 21.7 Å². The average molecular weight is 298 g/mol. The lowest BCUT2D eigenvalue weighted by Crippen LogP contribution is -2.13. The molecule has 0 unspecified atom stereocenters. The van der Waals surface area contributed by atoms with E-state index in [1.54, 1.807) is 0 Å². The minimum Gasteiger partial charge on any atom is -0.507 e. The van der Waals surface area contributed by atoms with E-state index in [1.165, 1.54) is 6.20 Å². The van der Waals surface area contributed by atoms with Gasteiger partial charge in [0, 0.05) is 0 Å². The number of carbonyl (C=O) groups excluding carboxylic acids is 1. The molecule has 2 rings (SSSR count). The van der Waals surface area contributed by atoms with Gasteiger partial charge in [-0.05, 0) is 18.2 Å². The van der Waals surface area contributed by atoms with Gasteiger partial charge >= 0.3 is 5.97 Å². The van der Waals surface area contributed by atoms with Crippen molar-refractivity contribution in [2.24, 2.45) is 0 Å². The molecule has 0 aliphatic rings. The van der Waals surface area contributed by atoms with Gasteiger partial charge in [0.25, 0.3) is 10.0 Å². The standard InChI is InChI=1S/C11H10N2O6S/c1-18-11(15)9-4-8(2-3-10(9)14)20(16,17)13-7-5-12-19-6-7/h2-6,13-14H,1H3. The van der Waals surface area contributed by atoms with Gasteiger partial charge in [-0.3, -0.25) is 4.72 Å². The number of methoxy groups -OCH3 is 1. The molecule has 0 aliphatic heterocycles. The summed E-state index contributed by atoms with van der Waals surface area (Å²) in [6.07, 6.45) is 2.29. The number of hydrogen-bond donors (Lipinski definition) is 2. The highest BCUT2D eigenvalue weighted by Gasteiger charge is 2.20. The highest BCUT2D eigenvalue weighted by atomic mass is 32.2. The lowest BCUT2D eigenvalue weighted by molar-refractivity contribution is 0.0597. The van der Waals surface area contributed by atoms with E-state index in [1.807, 2.05) is 0 Å². The van der Waals surface area contributed by atoms with Crippen LogP contribution in [0.1, 0.15) is 10.4 Å². The Morgan fingerprint density at radius 1 is 1.45 bits per heavy atom. The molecule has 2 aromatic rings. The van der Waals surface area contributed by atoms with Crippen molar-refractivity contribution < 1.29 is 27.6 Å². The van der Waals surface area contributed by atoms with Gasteiger partial charge in [0.2, 0.25) is 0 Å². The molecule has 0 radical (unpaired) electrons. The number of sulfonamides is 1. The quantitative estimate of drug-likeness (QED) is 0.807. The molecule has 0 aliphatic carbocycles. The number of aromatic hydroxyl groups is 1. The van der Waals surface area contributed by atoms with Crippen LogP contribution in [0.25, 0.3) is 0 Å². The van der Waals surface area contributed by atoms with Crippen LogP contribution in [-0.4, -0.2) is 31.8 Å². The van der Waals surface area contributed by atoms with Crippen molar-refractivity contribution in [1.82, 2.24) is 5.16 Å². The van der Waals surface area contributed by atoms with Crippen LogP contribution < -0.4 is 4.72 Å². The Labute approximate surface area is 114 Å². The van der Waals surface area contributed by atoms with Crippen LogP contribution in [0.2, 0.25) is 0 Å². The number of benzene rings is 1. The van der Waals surface area contributed by atoms with E-state index in [0.717, 1.165) is 31.6 Å². The normalized spacial score (nSPS) is 11.1. The number of aromatic nitrogens is 1. The summed E-state index contributed by atoms with van der Waals surface area (Å²) >= 11 is 0. The van der Waals surface area contributed by atoms with Crippen LogP contribution in [-0.2, 0) is 14.8 Å². The summed E-state index contributed by atoms with van der Waals surface area (Å²) in [6, 6.07) is 3.25. The van der Waals surface area contributed by atoms with Crippen molar-refractivity contribution in [1.29, 1.82) is 0 Å². The molecular weight excluding hydrogens is 288 g/mol. The van der Waals surface area contributed by atoms with Crippen LogP contribution in [0.4, 0.5) is 5.69 Å². The van der Waals surface area contributed by atoms with E-state index in [9.17, 15) is 18.3 Å². The Morgan fingerprint density at radius 2 is 2.20 bits per heavy atom. The molecule has 1 aromatic heterocycles. The second-order valence-electron chi connectivity index (χ2n) is 3.69. The minimum atomic E-state index is -3.93. The SMILES string of the molecule is COC(=O)c1cc(S(=O)(=O)Nc2cnoc2)ccc1O. The lowest BCUT2D eigenvalue weighted by Gasteiger charge is -2.08. The van der Waals surface area contributed by atoms with Gasteiger partial charge in [-0.2, -0.15) is 0 Å². The van der Waals surface area contributed by atoms with Crippen molar-refractivity contribution in [2.75, 3.05) is 11.8 Å². The highest BCUT2D eigenvalue weighted by molar-refractivity contribution is 7.92. The number of carbonyl (C=O) groups is 1. The zero-order valence-corrected chi connectivity index (χ0v) is 11.0. The molecule has 0 atom stereocenters. The molecule has 2 N–H and O–H groups in total. The van der Waals surface area contributed by atoms with Gasteiger partial charge in [0.1, 0.15) is 23.3 Å². The maximum Gasteiger partial charge on any atom is 0.341 e. The fourth-order valence-corrected chi connectivity index (χ4v) is 2.47. The molecule has 106 valence electrons. The Kier molecular flexibility index (Phi) is 3.61. The summed E-state index contributed by atoms with van der Waals surface area (Å²) < 4.78 is 35.3. The summed E-state index contributed by atoms with van der Waals surface area (Å²) in [7, 11) is -2.81. The van der Waals surface area contributed by atoms with E-state index >= 15 is 0 Å². The number of esters is 1. The monoisotopic (exact) mass is 298 g/mol. The Morgan fingerprint density at radius 3 is 2.80 bits per heavy atom. The first-order valence-electron chi connectivity index (χ1n) is 5.27. The third-order valence-corrected chi connectivity index (χ3v) is 3.75. The number of ether oxygens (including phenoxy) is 1. The van der Waals surface area contributed by atoms with Gasteiger partial charge in [-0.15, -0.1) is 0 Å². The fourth-order valence-electron chi connectivity index (χ4n) is 1.43. The van der Waals surface area contributed by atoms with Crippen molar-refractivity contribution in [3.05, 3.63) is 36.2 Å². The number of phenols is 1. The van der Waals surface area contributed by atoms with E-state index < -0.39 is 16.0 Å². The first-order chi connectivity index (χ1) is 9.44. The molecule has 1 aromatic carbocycles. The van der Waals surface area contributed by atoms with Gasteiger partial charge in [-0.25, -0.2) is 13.2 Å². The summed E-state index contributed by atoms with van der Waals surface area (Å²) in [5, 5.41) is 12.9. The van der Waals surface area contributed by atoms with Crippen molar-refractivity contribution in [2.45, 2.75) is 4.90 Å². The third-order valence-electron chi connectivity index (χ3n) is 2.37. The topological polar surface area (TPSA) is 119 Å². The number of anilines is 1. The van der Waals surface area contributed by atoms with Crippen molar-refractivity contribution in [3.63, 3.8) is 0 Å². The third kappa shape index (κ3) is 2.72. The Bertz CT molecular complexity index is 723. The molecule has 0 saturated heterocycles. The summed E-state index contributed by atoms with van der Waals surface area (Å²) in [6.45, 7) is 0. The van der Waals surface area contributed by atoms with Gasteiger partial charge in [0.15, 0.2) is 0 Å². The molecule has 9 heteroatoms. The van der Waals surface area contributed by atoms with Crippen LogP contribution >= 0.6 is 0 Å². The van der Waals surface area contributed by atoms with Crippen LogP contribution in [0.3, 0.4) is 0 Å². The zero-order chi connectivity index (χ0) is 14.8. The first-order valence-corrected chi connectivity index (χ1v) is 6.76. The number of rotatable bonds is 4. The zero-order valence-electron chi connectivity index (χ0n) is 10.2. The molecule has 0 saturated carbocycles. The molecule has 0 fully saturated rings. The Hall–Kier alpha value is -2.55. The maximum absolute atomic E-state index is 12.1. The largest absolute Gasteiger partial charge is 0.507 e. The molecule has 8 nitrogen and oxygen atoms in total. The van der Waals surface area contributed by atoms with E-state index in [4.69, 9.17) is 0 Å². The number of phenolic OH excluding ortho intramolecular Hbond substituents is 1. The lowest BCUT2D eigenvalue weighted by atomic mass is 10.2. The van der Waals surface area contributed by atoms with Crippen LogP contribution in [0.15, 0.2) is 40.1 Å². The minimum absolute atomic E-state index is 0.137. The molecule has 0 bridgehead atoms. The number of hydrogen-bond acceptors (Lipinski definition) is 7. The van der Waals surface area contributed by atoms with Crippen molar-refractivity contribution in [3.8, 4) is 5.75 Å². The molecule has 1 heterocycles. The molecule has 0 amide bonds. The smallest absolute Gasteiger partial charge is 0.341 e. The maximum atomic E-state index is 12.1. The average Bonchev–Trinajstić information content (AvgIpc) is 2.90. The second kappa shape index (κ2) is 5.21. The van der Waals surface area contributed by atoms with Gasteiger partial charge in [0.05, 0.1) is 18.2 Å². The molecule has 20 heavy (non-hydrogen) atoms. The predicted molar refractivity (Wildman–Crippen MR) is 66.8 cm³/mol. The van der Waals surface area contributed by atoms with Crippen LogP contribution in [0.5, 0.6) is 5.75 Å². The Balaban J connectivity index is 2.40. The van der Waals surface area contributed by atoms with E-state index in [-0.39, 0.29) is 21.9 Å². The summed E-state index contributed by atoms with van der Waals surface area (Å²) in [4.78, 5) is 11.2. The van der Waals surface area contributed by atoms with E-state index in [2.05, 4.69) is 19.1 Å². The van der Waals surface area contributed by atoms with Crippen LogP contribution in [0, 0.1) is 0 Å². The van der Waals surface area contributed by atoms with Gasteiger partial charge < -0.3 is 14.4 Å². The summed E-state index contributed by atoms with van der Waals surface area (Å²) in [5.74, 6) is -1.22. The highest BCUT2D eigenvalue weighted by Crippen LogP contribution is 2.23. The summed E-state index contributed by atoms with van der Waals surface area (Å²) in [5.41, 5.74) is -0.113. The number of nitrogens with one attached hydrogen (secondary N) is 1. The molecule has 0 spiro atoms.